The van der Waals surface area contributed by atoms with Gasteiger partial charge in [0, 0.05) is 49.1 Å². The van der Waals surface area contributed by atoms with Crippen LogP contribution in [0.25, 0.3) is 0 Å². The van der Waals surface area contributed by atoms with Crippen LogP contribution in [0, 0.1) is 0 Å². The highest BCUT2D eigenvalue weighted by Crippen LogP contribution is 2.39. The Hall–Kier alpha value is -1.91. The molecule has 0 atom stereocenters. The zero-order chi connectivity index (χ0) is 22.7. The third-order valence-corrected chi connectivity index (χ3v) is 7.30. The van der Waals surface area contributed by atoms with Crippen LogP contribution in [0.3, 0.4) is 0 Å². The summed E-state index contributed by atoms with van der Waals surface area (Å²) in [6, 6.07) is 4.66. The summed E-state index contributed by atoms with van der Waals surface area (Å²) in [6.45, 7) is 9.07. The molecule has 1 saturated carbocycles. The zero-order valence-corrected chi connectivity index (χ0v) is 20.7. The summed E-state index contributed by atoms with van der Waals surface area (Å²) in [5.41, 5.74) is -0.225. The van der Waals surface area contributed by atoms with Crippen molar-refractivity contribution in [2.24, 2.45) is 0 Å². The van der Waals surface area contributed by atoms with Crippen LogP contribution in [0.4, 0.5) is 0 Å². The number of thiophene rings is 1. The lowest BCUT2D eigenvalue weighted by Crippen LogP contribution is -2.53. The van der Waals surface area contributed by atoms with Crippen molar-refractivity contribution in [3.63, 3.8) is 0 Å². The topological polar surface area (TPSA) is 83.4 Å². The van der Waals surface area contributed by atoms with Crippen LogP contribution in [0.2, 0.25) is 0 Å². The molecule has 2 aromatic rings. The molecule has 2 fully saturated rings. The third-order valence-electron chi connectivity index (χ3n) is 5.49. The van der Waals surface area contributed by atoms with Gasteiger partial charge in [0.05, 0.1) is 12.3 Å². The first kappa shape index (κ1) is 23.3. The fraction of sp³-hybridized carbons (Fsp3) is 0.636. The number of carbonyl (C=O) groups excluding carboxylic acids is 2. The first-order valence-corrected chi connectivity index (χ1v) is 13.0. The van der Waals surface area contributed by atoms with E-state index in [1.54, 1.807) is 11.3 Å². The molecule has 32 heavy (non-hydrogen) atoms. The number of piperazine rings is 1. The first-order valence-electron chi connectivity index (χ1n) is 11.2. The molecular weight excluding hydrogens is 444 g/mol. The number of hydrogen-bond donors (Lipinski definition) is 1. The number of hydrogen-bond acceptors (Lipinski definition) is 7. The minimum absolute atomic E-state index is 0.0330. The monoisotopic (exact) mass is 476 g/mol. The van der Waals surface area contributed by atoms with Crippen LogP contribution in [0.1, 0.15) is 50.4 Å². The van der Waals surface area contributed by atoms with Crippen molar-refractivity contribution >= 4 is 34.9 Å². The van der Waals surface area contributed by atoms with Crippen molar-refractivity contribution in [3.8, 4) is 0 Å². The molecule has 2 amide bonds. The Labute approximate surface area is 197 Å². The molecule has 0 unspecified atom stereocenters. The van der Waals surface area contributed by atoms with Gasteiger partial charge in [-0.15, -0.1) is 21.5 Å². The van der Waals surface area contributed by atoms with Crippen LogP contribution in [0.5, 0.6) is 0 Å². The lowest BCUT2D eigenvalue weighted by molar-refractivity contribution is -0.130. The Morgan fingerprint density at radius 1 is 1.19 bits per heavy atom. The molecule has 3 heterocycles. The van der Waals surface area contributed by atoms with Crippen molar-refractivity contribution in [1.29, 1.82) is 0 Å². The fourth-order valence-electron chi connectivity index (χ4n) is 3.83. The zero-order valence-electron chi connectivity index (χ0n) is 19.0. The number of nitrogens with zero attached hydrogens (tertiary/aromatic N) is 5. The predicted octanol–water partition coefficient (Wildman–Crippen LogP) is 2.42. The summed E-state index contributed by atoms with van der Waals surface area (Å²) >= 11 is 3.23. The standard InChI is InChI=1S/C22H32N6O2S2/c1-22(2,3)23-19(29)14-26-8-10-27(11-9-26)20(30)15-32-21-25-24-18(28(21)16-6-7-16)13-17-5-4-12-31-17/h4-5,12,16H,6-11,13-15H2,1-3H3,(H,23,29). The smallest absolute Gasteiger partial charge is 0.234 e. The highest BCUT2D eigenvalue weighted by Gasteiger charge is 2.30. The van der Waals surface area contributed by atoms with E-state index in [2.05, 4.69) is 42.5 Å². The predicted molar refractivity (Wildman–Crippen MR) is 127 cm³/mol. The average Bonchev–Trinajstić information content (AvgIpc) is 3.27. The Morgan fingerprint density at radius 3 is 2.56 bits per heavy atom. The van der Waals surface area contributed by atoms with E-state index in [4.69, 9.17) is 0 Å². The van der Waals surface area contributed by atoms with E-state index in [1.165, 1.54) is 16.6 Å². The molecule has 174 valence electrons. The number of nitrogens with one attached hydrogen (secondary N) is 1. The van der Waals surface area contributed by atoms with Gasteiger partial charge >= 0.3 is 0 Å². The quantitative estimate of drug-likeness (QED) is 0.589. The summed E-state index contributed by atoms with van der Waals surface area (Å²) < 4.78 is 2.24. The van der Waals surface area contributed by atoms with E-state index in [9.17, 15) is 9.59 Å². The molecule has 0 aromatic carbocycles. The van der Waals surface area contributed by atoms with Crippen LogP contribution < -0.4 is 5.32 Å². The van der Waals surface area contributed by atoms with E-state index >= 15 is 0 Å². The lowest BCUT2D eigenvalue weighted by Gasteiger charge is -2.34. The fourth-order valence-corrected chi connectivity index (χ4v) is 5.46. The van der Waals surface area contributed by atoms with Gasteiger partial charge in [-0.1, -0.05) is 17.8 Å². The molecule has 0 bridgehead atoms. The molecule has 2 aliphatic rings. The summed E-state index contributed by atoms with van der Waals surface area (Å²) in [6.07, 6.45) is 3.10. The van der Waals surface area contributed by atoms with E-state index in [-0.39, 0.29) is 17.4 Å². The SMILES string of the molecule is CC(C)(C)NC(=O)CN1CCN(C(=O)CSc2nnc(Cc3cccs3)n2C2CC2)CC1. The number of amides is 2. The number of aromatic nitrogens is 3. The molecule has 1 aliphatic carbocycles. The van der Waals surface area contributed by atoms with Gasteiger partial charge in [0.25, 0.3) is 0 Å². The Morgan fingerprint density at radius 2 is 1.94 bits per heavy atom. The Bertz CT molecular complexity index is 925. The van der Waals surface area contributed by atoms with Gasteiger partial charge in [0.1, 0.15) is 5.82 Å². The van der Waals surface area contributed by atoms with Gasteiger partial charge < -0.3 is 14.8 Å². The minimum Gasteiger partial charge on any atom is -0.350 e. The van der Waals surface area contributed by atoms with Crippen LogP contribution in [0.15, 0.2) is 22.7 Å². The number of carbonyl (C=O) groups is 2. The molecule has 2 aromatic heterocycles. The molecule has 10 heteroatoms. The molecule has 4 rings (SSSR count). The van der Waals surface area contributed by atoms with Gasteiger partial charge in [-0.2, -0.15) is 0 Å². The summed E-state index contributed by atoms with van der Waals surface area (Å²) in [7, 11) is 0. The first-order chi connectivity index (χ1) is 15.3. The average molecular weight is 477 g/mol. The second-order valence-corrected chi connectivity index (χ2v) is 11.5. The van der Waals surface area contributed by atoms with Gasteiger partial charge in [0.15, 0.2) is 5.16 Å². The minimum atomic E-state index is -0.225. The molecule has 0 spiro atoms. The number of rotatable bonds is 8. The van der Waals surface area contributed by atoms with Crippen molar-refractivity contribution in [3.05, 3.63) is 28.2 Å². The van der Waals surface area contributed by atoms with E-state index in [0.717, 1.165) is 43.3 Å². The van der Waals surface area contributed by atoms with Gasteiger partial charge in [-0.25, -0.2) is 0 Å². The Kier molecular flexibility index (Phi) is 7.21. The second kappa shape index (κ2) is 9.93. The maximum atomic E-state index is 12.8. The number of thioether (sulfide) groups is 1. The Balaban J connectivity index is 1.26. The highest BCUT2D eigenvalue weighted by molar-refractivity contribution is 7.99. The molecule has 0 radical (unpaired) electrons. The van der Waals surface area contributed by atoms with Gasteiger partial charge in [0.2, 0.25) is 11.8 Å². The summed E-state index contributed by atoms with van der Waals surface area (Å²) in [5.74, 6) is 1.52. The summed E-state index contributed by atoms with van der Waals surface area (Å²) in [5, 5.41) is 14.8. The molecule has 1 aliphatic heterocycles. The van der Waals surface area contributed by atoms with Crippen LogP contribution in [-0.2, 0) is 16.0 Å². The highest BCUT2D eigenvalue weighted by atomic mass is 32.2. The molecular formula is C22H32N6O2S2. The van der Waals surface area contributed by atoms with Crippen LogP contribution >= 0.6 is 23.1 Å². The van der Waals surface area contributed by atoms with E-state index in [1.807, 2.05) is 25.7 Å². The maximum Gasteiger partial charge on any atom is 0.234 e. The van der Waals surface area contributed by atoms with Gasteiger partial charge in [-0.3, -0.25) is 14.5 Å². The largest absolute Gasteiger partial charge is 0.350 e. The van der Waals surface area contributed by atoms with Gasteiger partial charge in [-0.05, 0) is 45.1 Å². The third kappa shape index (κ3) is 6.32. The van der Waals surface area contributed by atoms with Crippen molar-refractivity contribution in [2.45, 2.75) is 56.8 Å². The van der Waals surface area contributed by atoms with E-state index < -0.39 is 0 Å². The molecule has 1 N–H and O–H groups in total. The van der Waals surface area contributed by atoms with E-state index in [0.29, 0.717) is 31.4 Å². The second-order valence-electron chi connectivity index (χ2n) is 9.50. The van der Waals surface area contributed by atoms with Crippen LogP contribution in [-0.4, -0.2) is 80.4 Å². The molecule has 1 saturated heterocycles. The lowest BCUT2D eigenvalue weighted by atomic mass is 10.1. The maximum absolute atomic E-state index is 12.8. The summed E-state index contributed by atoms with van der Waals surface area (Å²) in [4.78, 5) is 30.2. The van der Waals surface area contributed by atoms with Crippen molar-refractivity contribution < 1.29 is 9.59 Å². The van der Waals surface area contributed by atoms with Crippen molar-refractivity contribution in [2.75, 3.05) is 38.5 Å². The molecule has 8 nitrogen and oxygen atoms in total. The van der Waals surface area contributed by atoms with Crippen molar-refractivity contribution in [1.82, 2.24) is 29.9 Å². The normalized spacial score (nSPS) is 17.5.